The van der Waals surface area contributed by atoms with E-state index in [1.54, 1.807) is 25.1 Å². The Kier molecular flexibility index (Phi) is 5.18. The average molecular weight is 413 g/mol. The van der Waals surface area contributed by atoms with Gasteiger partial charge in [0.15, 0.2) is 0 Å². The second kappa shape index (κ2) is 7.53. The molecule has 3 rings (SSSR count). The van der Waals surface area contributed by atoms with Gasteiger partial charge < -0.3 is 0 Å². The first-order valence-electron chi connectivity index (χ1n) is 7.94. The highest BCUT2D eigenvalue weighted by Gasteiger charge is 2.12. The third-order valence-electron chi connectivity index (χ3n) is 3.92. The van der Waals surface area contributed by atoms with Crippen LogP contribution in [-0.2, 0) is 0 Å². The first kappa shape index (κ1) is 17.9. The molecule has 0 aliphatic carbocycles. The smallest absolute Gasteiger partial charge is 0.280 e. The zero-order valence-electron chi connectivity index (χ0n) is 14.3. The Hall–Kier alpha value is -2.93. The molecule has 2 aromatic carbocycles. The van der Waals surface area contributed by atoms with E-state index in [-0.39, 0.29) is 11.5 Å². The molecule has 3 aromatic rings. The number of hydrazone groups is 1. The summed E-state index contributed by atoms with van der Waals surface area (Å²) in [6, 6.07) is 14.6. The summed E-state index contributed by atoms with van der Waals surface area (Å²) < 4.78 is 2.28. The van der Waals surface area contributed by atoms with E-state index in [1.165, 1.54) is 10.9 Å². The minimum Gasteiger partial charge on any atom is -0.295 e. The normalized spacial score (nSPS) is 11.0. The number of halogens is 1. The summed E-state index contributed by atoms with van der Waals surface area (Å²) >= 11 is 3.32. The lowest BCUT2D eigenvalue weighted by molar-refractivity contribution is 0.0955. The van der Waals surface area contributed by atoms with Gasteiger partial charge in [-0.1, -0.05) is 40.2 Å². The molecule has 0 atom stereocenters. The van der Waals surface area contributed by atoms with Crippen molar-refractivity contribution >= 4 is 28.1 Å². The van der Waals surface area contributed by atoms with E-state index in [2.05, 4.69) is 31.6 Å². The number of amides is 1. The van der Waals surface area contributed by atoms with Gasteiger partial charge in [0.25, 0.3) is 11.5 Å². The zero-order chi connectivity index (χ0) is 18.7. The molecule has 0 aliphatic rings. The SMILES string of the molecule is Cc1ccccc1-n1[nH]c(C)c(C=NNC(=O)c2cccc(Br)c2)c1=O. The molecule has 2 N–H and O–H groups in total. The van der Waals surface area contributed by atoms with E-state index in [4.69, 9.17) is 0 Å². The van der Waals surface area contributed by atoms with Crippen LogP contribution in [0, 0.1) is 13.8 Å². The number of benzene rings is 2. The van der Waals surface area contributed by atoms with Crippen LogP contribution in [0.2, 0.25) is 0 Å². The lowest BCUT2D eigenvalue weighted by atomic mass is 10.2. The number of aryl methyl sites for hydroxylation is 2. The maximum atomic E-state index is 12.7. The number of aromatic amines is 1. The number of nitrogens with one attached hydrogen (secondary N) is 2. The summed E-state index contributed by atoms with van der Waals surface area (Å²) in [6.07, 6.45) is 1.36. The number of carbonyl (C=O) groups excluding carboxylic acids is 1. The van der Waals surface area contributed by atoms with Crippen molar-refractivity contribution in [2.75, 3.05) is 0 Å². The van der Waals surface area contributed by atoms with Gasteiger partial charge in [0, 0.05) is 15.7 Å². The number of H-pyrrole nitrogens is 1. The van der Waals surface area contributed by atoms with Crippen LogP contribution in [0.4, 0.5) is 0 Å². The van der Waals surface area contributed by atoms with E-state index in [1.807, 2.05) is 37.3 Å². The van der Waals surface area contributed by atoms with Gasteiger partial charge in [0.1, 0.15) is 0 Å². The van der Waals surface area contributed by atoms with Gasteiger partial charge >= 0.3 is 0 Å². The molecule has 26 heavy (non-hydrogen) atoms. The minimum atomic E-state index is -0.352. The molecule has 0 unspecified atom stereocenters. The van der Waals surface area contributed by atoms with Gasteiger partial charge in [0.2, 0.25) is 0 Å². The van der Waals surface area contributed by atoms with Crippen LogP contribution in [0.15, 0.2) is 62.9 Å². The van der Waals surface area contributed by atoms with Crippen molar-refractivity contribution in [3.63, 3.8) is 0 Å². The van der Waals surface area contributed by atoms with Crippen LogP contribution in [0.25, 0.3) is 5.69 Å². The summed E-state index contributed by atoms with van der Waals surface area (Å²) in [6.45, 7) is 3.72. The summed E-state index contributed by atoms with van der Waals surface area (Å²) in [5.74, 6) is -0.352. The van der Waals surface area contributed by atoms with Crippen LogP contribution >= 0.6 is 15.9 Å². The molecule has 6 nitrogen and oxygen atoms in total. The molecule has 1 heterocycles. The van der Waals surface area contributed by atoms with Gasteiger partial charge in [-0.25, -0.2) is 10.1 Å². The Morgan fingerprint density at radius 2 is 1.96 bits per heavy atom. The number of aromatic nitrogens is 2. The number of rotatable bonds is 4. The summed E-state index contributed by atoms with van der Waals surface area (Å²) in [4.78, 5) is 24.7. The number of hydrogen-bond acceptors (Lipinski definition) is 3. The second-order valence-electron chi connectivity index (χ2n) is 5.79. The number of hydrogen-bond donors (Lipinski definition) is 2. The standard InChI is InChI=1S/C19H17BrN4O2/c1-12-6-3-4-9-17(12)24-19(26)16(13(2)23-24)11-21-22-18(25)14-7-5-8-15(20)10-14/h3-11,23H,1-2H3,(H,22,25). The first-order chi connectivity index (χ1) is 12.5. The third-order valence-corrected chi connectivity index (χ3v) is 4.41. The summed E-state index contributed by atoms with van der Waals surface area (Å²) in [5, 5.41) is 6.97. The highest BCUT2D eigenvalue weighted by Crippen LogP contribution is 2.12. The molecule has 0 fully saturated rings. The Bertz CT molecular complexity index is 1050. The van der Waals surface area contributed by atoms with Crippen molar-refractivity contribution in [2.24, 2.45) is 5.10 Å². The Labute approximate surface area is 158 Å². The van der Waals surface area contributed by atoms with Crippen LogP contribution in [0.1, 0.15) is 27.2 Å². The van der Waals surface area contributed by atoms with Crippen molar-refractivity contribution in [1.82, 2.24) is 15.2 Å². The average Bonchev–Trinajstić information content (AvgIpc) is 2.90. The molecular formula is C19H17BrN4O2. The maximum absolute atomic E-state index is 12.7. The monoisotopic (exact) mass is 412 g/mol. The Balaban J connectivity index is 1.83. The quantitative estimate of drug-likeness (QED) is 0.509. The highest BCUT2D eigenvalue weighted by atomic mass is 79.9. The molecule has 0 saturated carbocycles. The van der Waals surface area contributed by atoms with Crippen molar-refractivity contribution in [3.05, 3.63) is 85.7 Å². The van der Waals surface area contributed by atoms with E-state index >= 15 is 0 Å². The summed E-state index contributed by atoms with van der Waals surface area (Å²) in [5.41, 5.74) is 5.49. The minimum absolute atomic E-state index is 0.225. The van der Waals surface area contributed by atoms with E-state index in [9.17, 15) is 9.59 Å². The van der Waals surface area contributed by atoms with Crippen LogP contribution in [-0.4, -0.2) is 21.9 Å². The topological polar surface area (TPSA) is 79.2 Å². The van der Waals surface area contributed by atoms with Crippen LogP contribution in [0.3, 0.4) is 0 Å². The van der Waals surface area contributed by atoms with Crippen molar-refractivity contribution < 1.29 is 4.79 Å². The fraction of sp³-hybridized carbons (Fsp3) is 0.105. The fourth-order valence-corrected chi connectivity index (χ4v) is 2.94. The molecule has 0 aliphatic heterocycles. The van der Waals surface area contributed by atoms with E-state index in [0.29, 0.717) is 16.8 Å². The van der Waals surface area contributed by atoms with Crippen molar-refractivity contribution in [1.29, 1.82) is 0 Å². The second-order valence-corrected chi connectivity index (χ2v) is 6.70. The molecule has 0 saturated heterocycles. The lowest BCUT2D eigenvalue weighted by Crippen LogP contribution is -2.20. The molecule has 1 aromatic heterocycles. The lowest BCUT2D eigenvalue weighted by Gasteiger charge is -2.04. The fourth-order valence-electron chi connectivity index (χ4n) is 2.55. The molecule has 0 bridgehead atoms. The molecule has 0 spiro atoms. The maximum Gasteiger partial charge on any atom is 0.280 e. The molecule has 1 amide bonds. The molecular weight excluding hydrogens is 396 g/mol. The number of para-hydroxylation sites is 1. The largest absolute Gasteiger partial charge is 0.295 e. The van der Waals surface area contributed by atoms with Gasteiger partial charge in [-0.15, -0.1) is 0 Å². The molecule has 0 radical (unpaired) electrons. The summed E-state index contributed by atoms with van der Waals surface area (Å²) in [7, 11) is 0. The zero-order valence-corrected chi connectivity index (χ0v) is 15.9. The first-order valence-corrected chi connectivity index (χ1v) is 8.73. The van der Waals surface area contributed by atoms with Gasteiger partial charge in [-0.2, -0.15) is 5.10 Å². The number of carbonyl (C=O) groups is 1. The van der Waals surface area contributed by atoms with E-state index in [0.717, 1.165) is 15.7 Å². The molecule has 132 valence electrons. The Morgan fingerprint density at radius 3 is 2.69 bits per heavy atom. The van der Waals surface area contributed by atoms with Crippen LogP contribution in [0.5, 0.6) is 0 Å². The van der Waals surface area contributed by atoms with Crippen LogP contribution < -0.4 is 11.0 Å². The predicted octanol–water partition coefficient (Wildman–Crippen LogP) is 3.31. The van der Waals surface area contributed by atoms with Gasteiger partial charge in [0.05, 0.1) is 17.5 Å². The highest BCUT2D eigenvalue weighted by molar-refractivity contribution is 9.10. The van der Waals surface area contributed by atoms with Crippen molar-refractivity contribution in [2.45, 2.75) is 13.8 Å². The number of nitrogens with zero attached hydrogens (tertiary/aromatic N) is 2. The van der Waals surface area contributed by atoms with E-state index < -0.39 is 0 Å². The Morgan fingerprint density at radius 1 is 1.19 bits per heavy atom. The van der Waals surface area contributed by atoms with Gasteiger partial charge in [-0.3, -0.25) is 14.7 Å². The predicted molar refractivity (Wildman–Crippen MR) is 105 cm³/mol. The van der Waals surface area contributed by atoms with Gasteiger partial charge in [-0.05, 0) is 43.7 Å². The van der Waals surface area contributed by atoms with Crippen molar-refractivity contribution in [3.8, 4) is 5.69 Å². The third kappa shape index (κ3) is 3.67. The molecule has 7 heteroatoms.